The summed E-state index contributed by atoms with van der Waals surface area (Å²) in [5.41, 5.74) is 1.78. The van der Waals surface area contributed by atoms with Crippen LogP contribution in [0.2, 0.25) is 0 Å². The van der Waals surface area contributed by atoms with Gasteiger partial charge in [0.25, 0.3) is 0 Å². The van der Waals surface area contributed by atoms with Crippen molar-refractivity contribution in [1.29, 1.82) is 5.26 Å². The lowest BCUT2D eigenvalue weighted by Gasteiger charge is -2.14. The third kappa shape index (κ3) is 4.11. The average molecular weight is 323 g/mol. The van der Waals surface area contributed by atoms with Crippen LogP contribution in [-0.4, -0.2) is 26.7 Å². The van der Waals surface area contributed by atoms with Crippen molar-refractivity contribution in [1.82, 2.24) is 0 Å². The van der Waals surface area contributed by atoms with E-state index in [1.54, 1.807) is 6.92 Å². The number of esters is 1. The maximum Gasteiger partial charge on any atom is 0.348 e. The van der Waals surface area contributed by atoms with E-state index in [9.17, 15) is 4.79 Å². The first kappa shape index (κ1) is 15.3. The molecule has 0 unspecified atom stereocenters. The van der Waals surface area contributed by atoms with Crippen molar-refractivity contribution in [2.75, 3.05) is 25.6 Å². The number of nitriles is 1. The van der Waals surface area contributed by atoms with Crippen molar-refractivity contribution in [3.8, 4) is 6.07 Å². The molecule has 0 fully saturated rings. The zero-order chi connectivity index (χ0) is 14.4. The molecule has 0 amide bonds. The molecule has 1 aromatic rings. The van der Waals surface area contributed by atoms with E-state index in [2.05, 4.69) is 15.9 Å². The minimum Gasteiger partial charge on any atom is -0.462 e. The number of carbonyl (C=O) groups is 1. The molecule has 19 heavy (non-hydrogen) atoms. The molecule has 0 bridgehead atoms. The summed E-state index contributed by atoms with van der Waals surface area (Å²) in [7, 11) is 3.88. The van der Waals surface area contributed by atoms with Crippen molar-refractivity contribution in [2.24, 2.45) is 0 Å². The molecule has 0 atom stereocenters. The summed E-state index contributed by atoms with van der Waals surface area (Å²) >= 11 is 3.46. The minimum atomic E-state index is -0.599. The Morgan fingerprint density at radius 3 is 2.68 bits per heavy atom. The van der Waals surface area contributed by atoms with Gasteiger partial charge in [-0.2, -0.15) is 5.26 Å². The number of hydrogen-bond acceptors (Lipinski definition) is 4. The van der Waals surface area contributed by atoms with Gasteiger partial charge in [-0.25, -0.2) is 4.79 Å². The molecule has 0 aromatic heterocycles. The van der Waals surface area contributed by atoms with Gasteiger partial charge in [-0.15, -0.1) is 0 Å². The third-order valence-electron chi connectivity index (χ3n) is 2.38. The molecule has 0 aliphatic heterocycles. The molecule has 0 heterocycles. The molecule has 0 radical (unpaired) electrons. The topological polar surface area (TPSA) is 53.3 Å². The lowest BCUT2D eigenvalue weighted by atomic mass is 10.1. The fraction of sp³-hybridized carbons (Fsp3) is 0.286. The first-order chi connectivity index (χ1) is 8.99. The Kier molecular flexibility index (Phi) is 5.58. The van der Waals surface area contributed by atoms with Crippen molar-refractivity contribution in [3.63, 3.8) is 0 Å². The lowest BCUT2D eigenvalue weighted by Crippen LogP contribution is -2.09. The highest BCUT2D eigenvalue weighted by atomic mass is 79.9. The van der Waals surface area contributed by atoms with Gasteiger partial charge in [-0.1, -0.05) is 6.07 Å². The predicted molar refractivity (Wildman–Crippen MR) is 78.7 cm³/mol. The Morgan fingerprint density at radius 1 is 1.53 bits per heavy atom. The lowest BCUT2D eigenvalue weighted by molar-refractivity contribution is -0.137. The molecule has 0 aliphatic carbocycles. The van der Waals surface area contributed by atoms with E-state index in [0.29, 0.717) is 0 Å². The monoisotopic (exact) mass is 322 g/mol. The Bertz CT molecular complexity index is 545. The highest BCUT2D eigenvalue weighted by Gasteiger charge is 2.10. The predicted octanol–water partition coefficient (Wildman–Crippen LogP) is 2.99. The Balaban J connectivity index is 3.07. The zero-order valence-corrected chi connectivity index (χ0v) is 12.7. The van der Waals surface area contributed by atoms with E-state index in [1.807, 2.05) is 43.3 Å². The van der Waals surface area contributed by atoms with Crippen molar-refractivity contribution in [2.45, 2.75) is 6.92 Å². The van der Waals surface area contributed by atoms with Crippen LogP contribution in [0.15, 0.2) is 28.2 Å². The molecule has 0 spiro atoms. The van der Waals surface area contributed by atoms with Crippen LogP contribution >= 0.6 is 15.9 Å². The summed E-state index contributed by atoms with van der Waals surface area (Å²) in [6.45, 7) is 1.95. The van der Waals surface area contributed by atoms with Crippen LogP contribution in [0.25, 0.3) is 6.08 Å². The smallest absolute Gasteiger partial charge is 0.348 e. The van der Waals surface area contributed by atoms with Crippen LogP contribution in [0, 0.1) is 11.3 Å². The fourth-order valence-corrected chi connectivity index (χ4v) is 2.24. The van der Waals surface area contributed by atoms with E-state index in [4.69, 9.17) is 10.00 Å². The standard InChI is InChI=1S/C14H15BrN2O2/c1-4-19-14(18)11(9-16)7-10-5-6-13(17(2)3)12(15)8-10/h5-8H,4H2,1-3H3/b11-7+. The number of halogens is 1. The summed E-state index contributed by atoms with van der Waals surface area (Å²) in [6.07, 6.45) is 1.52. The number of hydrogen-bond donors (Lipinski definition) is 0. The zero-order valence-electron chi connectivity index (χ0n) is 11.1. The van der Waals surface area contributed by atoms with Crippen molar-refractivity contribution < 1.29 is 9.53 Å². The Morgan fingerprint density at radius 2 is 2.21 bits per heavy atom. The fourth-order valence-electron chi connectivity index (χ4n) is 1.49. The summed E-state index contributed by atoms with van der Waals surface area (Å²) in [6, 6.07) is 7.46. The summed E-state index contributed by atoms with van der Waals surface area (Å²) < 4.78 is 5.71. The van der Waals surface area contributed by atoms with Gasteiger partial charge >= 0.3 is 5.97 Å². The maximum atomic E-state index is 11.5. The molecule has 5 heteroatoms. The van der Waals surface area contributed by atoms with E-state index in [-0.39, 0.29) is 12.2 Å². The largest absolute Gasteiger partial charge is 0.462 e. The molecule has 0 saturated heterocycles. The van der Waals surface area contributed by atoms with Gasteiger partial charge in [0.1, 0.15) is 11.6 Å². The highest BCUT2D eigenvalue weighted by Crippen LogP contribution is 2.26. The third-order valence-corrected chi connectivity index (χ3v) is 3.02. The molecule has 0 N–H and O–H groups in total. The number of benzene rings is 1. The second-order valence-electron chi connectivity index (χ2n) is 4.00. The second kappa shape index (κ2) is 6.95. The van der Waals surface area contributed by atoms with Gasteiger partial charge in [0.15, 0.2) is 0 Å². The van der Waals surface area contributed by atoms with Crippen LogP contribution in [0.1, 0.15) is 12.5 Å². The van der Waals surface area contributed by atoms with Gasteiger partial charge in [-0.3, -0.25) is 0 Å². The van der Waals surface area contributed by atoms with Crippen molar-refractivity contribution in [3.05, 3.63) is 33.8 Å². The Labute approximate surface area is 121 Å². The van der Waals surface area contributed by atoms with Gasteiger partial charge < -0.3 is 9.64 Å². The molecule has 1 aromatic carbocycles. The van der Waals surface area contributed by atoms with Crippen LogP contribution in [0.3, 0.4) is 0 Å². The highest BCUT2D eigenvalue weighted by molar-refractivity contribution is 9.10. The second-order valence-corrected chi connectivity index (χ2v) is 4.85. The van der Waals surface area contributed by atoms with Crippen molar-refractivity contribution >= 4 is 33.7 Å². The summed E-state index contributed by atoms with van der Waals surface area (Å²) in [5, 5.41) is 8.96. The number of anilines is 1. The van der Waals surface area contributed by atoms with E-state index in [1.165, 1.54) is 6.08 Å². The normalized spacial score (nSPS) is 10.8. The Hall–Kier alpha value is -1.80. The van der Waals surface area contributed by atoms with E-state index < -0.39 is 5.97 Å². The van der Waals surface area contributed by atoms with Crippen LogP contribution in [0.4, 0.5) is 5.69 Å². The number of nitrogens with zero attached hydrogens (tertiary/aromatic N) is 2. The summed E-state index contributed by atoms with van der Waals surface area (Å²) in [5.74, 6) is -0.599. The SMILES string of the molecule is CCOC(=O)/C(C#N)=C/c1ccc(N(C)C)c(Br)c1. The quantitative estimate of drug-likeness (QED) is 0.486. The van der Waals surface area contributed by atoms with E-state index >= 15 is 0 Å². The first-order valence-electron chi connectivity index (χ1n) is 5.75. The molecular weight excluding hydrogens is 308 g/mol. The van der Waals surface area contributed by atoms with Crippen LogP contribution in [-0.2, 0) is 9.53 Å². The average Bonchev–Trinajstić information content (AvgIpc) is 2.35. The van der Waals surface area contributed by atoms with Crippen LogP contribution < -0.4 is 4.90 Å². The molecule has 0 aliphatic rings. The molecular formula is C14H15BrN2O2. The number of ether oxygens (including phenoxy) is 1. The van der Waals surface area contributed by atoms with Gasteiger partial charge in [0, 0.05) is 18.6 Å². The first-order valence-corrected chi connectivity index (χ1v) is 6.54. The van der Waals surface area contributed by atoms with Gasteiger partial charge in [0.05, 0.1) is 12.3 Å². The molecule has 100 valence electrons. The molecule has 4 nitrogen and oxygen atoms in total. The number of carbonyl (C=O) groups excluding carboxylic acids is 1. The summed E-state index contributed by atoms with van der Waals surface area (Å²) in [4.78, 5) is 13.5. The number of rotatable bonds is 4. The van der Waals surface area contributed by atoms with Gasteiger partial charge in [-0.05, 0) is 46.6 Å². The molecule has 0 saturated carbocycles. The molecule has 1 rings (SSSR count). The minimum absolute atomic E-state index is 0.00801. The van der Waals surface area contributed by atoms with E-state index in [0.717, 1.165) is 15.7 Å². The van der Waals surface area contributed by atoms with Crippen LogP contribution in [0.5, 0.6) is 0 Å². The maximum absolute atomic E-state index is 11.5. The van der Waals surface area contributed by atoms with Gasteiger partial charge in [0.2, 0.25) is 0 Å².